The summed E-state index contributed by atoms with van der Waals surface area (Å²) in [5.74, 6) is -2.30. The summed E-state index contributed by atoms with van der Waals surface area (Å²) in [5.41, 5.74) is 3.34. The lowest BCUT2D eigenvalue weighted by molar-refractivity contribution is -0.134. The monoisotopic (exact) mass is 501 g/mol. The van der Waals surface area contributed by atoms with Gasteiger partial charge >= 0.3 is 0 Å². The van der Waals surface area contributed by atoms with Crippen molar-refractivity contribution in [1.29, 1.82) is 0 Å². The van der Waals surface area contributed by atoms with Crippen LogP contribution in [0.25, 0.3) is 0 Å². The highest BCUT2D eigenvalue weighted by atomic mass is 79.9. The van der Waals surface area contributed by atoms with Gasteiger partial charge in [0.25, 0.3) is 18.3 Å². The fourth-order valence-electron chi connectivity index (χ4n) is 2.76. The number of amides is 1. The highest BCUT2D eigenvalue weighted by Gasteiger charge is 2.45. The molecule has 166 valence electrons. The number of carbonyl (C=O) groups excluding carboxylic acids is 1. The van der Waals surface area contributed by atoms with Gasteiger partial charge in [-0.3, -0.25) is 14.6 Å². The largest absolute Gasteiger partial charge is 0.481 e. The standard InChI is InChI=1S/C17H15BrF3N5O.C2H4O2/c18-9-1-4-13(24-6-9)15(27)25-10-2-3-12(19)11(5-10)17(16(20)21)8-23-7-14(22)26-17;1-2(3)4/h1-6,16,23H,7-8H2,(H2,22,26)(H,25,27);1H3,(H,3,4). The Morgan fingerprint density at radius 2 is 2.00 bits per heavy atom. The Labute approximate surface area is 183 Å². The third-order valence-electron chi connectivity index (χ3n) is 4.06. The van der Waals surface area contributed by atoms with Gasteiger partial charge in [-0.1, -0.05) is 0 Å². The lowest BCUT2D eigenvalue weighted by atomic mass is 9.88. The molecule has 1 amide bonds. The SMILES string of the molecule is CC(=O)O.NC1=NC(c2cc(NC(=O)c3ccc(Br)cn3)ccc2F)(C(F)F)CNC1. The van der Waals surface area contributed by atoms with Crippen molar-refractivity contribution in [2.75, 3.05) is 18.4 Å². The number of amidine groups is 1. The number of nitrogens with two attached hydrogens (primary N) is 1. The number of carboxylic acids is 1. The van der Waals surface area contributed by atoms with Gasteiger partial charge in [0.15, 0.2) is 5.54 Å². The first-order valence-corrected chi connectivity index (χ1v) is 9.60. The second-order valence-corrected chi connectivity index (χ2v) is 7.38. The molecule has 0 bridgehead atoms. The van der Waals surface area contributed by atoms with E-state index in [0.717, 1.165) is 19.1 Å². The second kappa shape index (κ2) is 10.4. The van der Waals surface area contributed by atoms with Crippen LogP contribution in [-0.4, -0.2) is 47.3 Å². The van der Waals surface area contributed by atoms with Crippen molar-refractivity contribution in [2.24, 2.45) is 10.7 Å². The van der Waals surface area contributed by atoms with E-state index < -0.39 is 29.7 Å². The average molecular weight is 502 g/mol. The maximum Gasteiger partial charge on any atom is 0.300 e. The van der Waals surface area contributed by atoms with Crippen LogP contribution in [0.4, 0.5) is 18.9 Å². The van der Waals surface area contributed by atoms with E-state index in [2.05, 4.69) is 36.5 Å². The number of carboxylic acid groups (broad SMARTS) is 1. The smallest absolute Gasteiger partial charge is 0.300 e. The van der Waals surface area contributed by atoms with Crippen molar-refractivity contribution in [3.05, 3.63) is 58.1 Å². The van der Waals surface area contributed by atoms with Gasteiger partial charge in [-0.2, -0.15) is 0 Å². The van der Waals surface area contributed by atoms with Gasteiger partial charge < -0.3 is 21.5 Å². The molecule has 1 aliphatic rings. The van der Waals surface area contributed by atoms with Crippen LogP contribution in [0.3, 0.4) is 0 Å². The van der Waals surface area contributed by atoms with Crippen LogP contribution in [0.15, 0.2) is 46.0 Å². The highest BCUT2D eigenvalue weighted by Crippen LogP contribution is 2.36. The van der Waals surface area contributed by atoms with Crippen molar-refractivity contribution in [1.82, 2.24) is 10.3 Å². The fourth-order valence-corrected chi connectivity index (χ4v) is 2.99. The first kappa shape index (κ1) is 24.3. The summed E-state index contributed by atoms with van der Waals surface area (Å²) in [6, 6.07) is 6.54. The lowest BCUT2D eigenvalue weighted by Crippen LogP contribution is -2.51. The molecule has 0 saturated heterocycles. The molecule has 5 N–H and O–H groups in total. The van der Waals surface area contributed by atoms with Crippen LogP contribution in [0.2, 0.25) is 0 Å². The molecule has 3 rings (SSSR count). The number of hydrogen-bond donors (Lipinski definition) is 4. The number of halogens is 4. The van der Waals surface area contributed by atoms with Crippen molar-refractivity contribution in [2.45, 2.75) is 18.9 Å². The van der Waals surface area contributed by atoms with Gasteiger partial charge in [-0.05, 0) is 46.3 Å². The molecule has 1 aromatic heterocycles. The third kappa shape index (κ3) is 6.25. The van der Waals surface area contributed by atoms with E-state index in [1.165, 1.54) is 18.3 Å². The van der Waals surface area contributed by atoms with Crippen LogP contribution in [-0.2, 0) is 10.3 Å². The Kier molecular flexibility index (Phi) is 8.11. The third-order valence-corrected chi connectivity index (χ3v) is 4.52. The van der Waals surface area contributed by atoms with Gasteiger partial charge in [0.1, 0.15) is 17.3 Å². The minimum Gasteiger partial charge on any atom is -0.481 e. The molecule has 31 heavy (non-hydrogen) atoms. The van der Waals surface area contributed by atoms with Crippen molar-refractivity contribution >= 4 is 39.3 Å². The lowest BCUT2D eigenvalue weighted by Gasteiger charge is -2.34. The van der Waals surface area contributed by atoms with Crippen molar-refractivity contribution < 1.29 is 27.9 Å². The second-order valence-electron chi connectivity index (χ2n) is 6.46. The van der Waals surface area contributed by atoms with E-state index in [1.54, 1.807) is 6.07 Å². The number of carbonyl (C=O) groups is 2. The number of pyridine rings is 1. The van der Waals surface area contributed by atoms with Crippen LogP contribution in [0.1, 0.15) is 23.0 Å². The normalized spacial score (nSPS) is 17.9. The van der Waals surface area contributed by atoms with E-state index >= 15 is 0 Å². The number of aliphatic imine (C=N–C) groups is 1. The van der Waals surface area contributed by atoms with Crippen LogP contribution in [0, 0.1) is 5.82 Å². The predicted octanol–water partition coefficient (Wildman–Crippen LogP) is 2.75. The van der Waals surface area contributed by atoms with E-state index in [4.69, 9.17) is 15.6 Å². The van der Waals surface area contributed by atoms with Gasteiger partial charge in [0, 0.05) is 35.4 Å². The van der Waals surface area contributed by atoms with Crippen LogP contribution >= 0.6 is 15.9 Å². The average Bonchev–Trinajstić information content (AvgIpc) is 2.69. The summed E-state index contributed by atoms with van der Waals surface area (Å²) >= 11 is 3.21. The summed E-state index contributed by atoms with van der Waals surface area (Å²) in [4.78, 5) is 29.1. The van der Waals surface area contributed by atoms with E-state index in [-0.39, 0.29) is 35.9 Å². The summed E-state index contributed by atoms with van der Waals surface area (Å²) in [6.07, 6.45) is -1.56. The van der Waals surface area contributed by atoms with Crippen molar-refractivity contribution in [3.8, 4) is 0 Å². The molecule has 1 aromatic carbocycles. The molecule has 1 unspecified atom stereocenters. The van der Waals surface area contributed by atoms with E-state index in [1.807, 2.05) is 0 Å². The number of aromatic nitrogens is 1. The topological polar surface area (TPSA) is 130 Å². The molecular formula is C19H19BrF3N5O3. The molecule has 0 fully saturated rings. The maximum atomic E-state index is 14.4. The number of rotatable bonds is 4. The maximum absolute atomic E-state index is 14.4. The van der Waals surface area contributed by atoms with E-state index in [9.17, 15) is 18.0 Å². The van der Waals surface area contributed by atoms with E-state index in [0.29, 0.717) is 4.47 Å². The number of anilines is 1. The molecule has 12 heteroatoms. The number of alkyl halides is 2. The van der Waals surface area contributed by atoms with Crippen LogP contribution in [0.5, 0.6) is 0 Å². The zero-order valence-electron chi connectivity index (χ0n) is 16.2. The molecule has 0 spiro atoms. The summed E-state index contributed by atoms with van der Waals surface area (Å²) in [5, 5.41) is 12.7. The van der Waals surface area contributed by atoms with Gasteiger partial charge in [0.2, 0.25) is 0 Å². The number of benzene rings is 1. The summed E-state index contributed by atoms with van der Waals surface area (Å²) in [7, 11) is 0. The number of nitrogens with one attached hydrogen (secondary N) is 2. The first-order valence-electron chi connectivity index (χ1n) is 8.80. The Balaban J connectivity index is 0.000000785. The summed E-state index contributed by atoms with van der Waals surface area (Å²) < 4.78 is 42.8. The van der Waals surface area contributed by atoms with Gasteiger partial charge in [-0.25, -0.2) is 18.2 Å². The Morgan fingerprint density at radius 3 is 2.55 bits per heavy atom. The Morgan fingerprint density at radius 1 is 1.32 bits per heavy atom. The minimum atomic E-state index is -3.00. The van der Waals surface area contributed by atoms with Gasteiger partial charge in [-0.15, -0.1) is 0 Å². The number of aliphatic carboxylic acids is 1. The Hall–Kier alpha value is -2.99. The number of nitrogens with zero attached hydrogens (tertiary/aromatic N) is 2. The zero-order chi connectivity index (χ0) is 23.2. The summed E-state index contributed by atoms with van der Waals surface area (Å²) in [6.45, 7) is 0.940. The molecule has 0 radical (unpaired) electrons. The molecule has 1 aliphatic heterocycles. The molecule has 2 heterocycles. The molecule has 0 aliphatic carbocycles. The number of hydrogen-bond acceptors (Lipinski definition) is 6. The fraction of sp³-hybridized carbons (Fsp3) is 0.263. The minimum absolute atomic E-state index is 0.0468. The highest BCUT2D eigenvalue weighted by molar-refractivity contribution is 9.10. The molecule has 2 aromatic rings. The quantitative estimate of drug-likeness (QED) is 0.509. The van der Waals surface area contributed by atoms with Gasteiger partial charge in [0.05, 0.1) is 6.54 Å². The zero-order valence-corrected chi connectivity index (χ0v) is 17.8. The first-order chi connectivity index (χ1) is 14.5. The molecule has 0 saturated carbocycles. The van der Waals surface area contributed by atoms with Crippen molar-refractivity contribution in [3.63, 3.8) is 0 Å². The Bertz CT molecular complexity index is 984. The van der Waals surface area contributed by atoms with Crippen LogP contribution < -0.4 is 16.4 Å². The predicted molar refractivity (Wildman–Crippen MR) is 112 cm³/mol. The molecular weight excluding hydrogens is 483 g/mol. The molecule has 1 atom stereocenters. The molecule has 8 nitrogen and oxygen atoms in total.